The molecule has 2 aliphatic rings. The predicted molar refractivity (Wildman–Crippen MR) is 125 cm³/mol. The lowest BCUT2D eigenvalue weighted by atomic mass is 9.63. The third-order valence-corrected chi connectivity index (χ3v) is 7.63. The van der Waals surface area contributed by atoms with E-state index in [4.69, 9.17) is 9.47 Å². The fourth-order valence-electron chi connectivity index (χ4n) is 5.82. The monoisotopic (exact) mass is 438 g/mol. The normalized spacial score (nSPS) is 25.1. The third kappa shape index (κ3) is 5.33. The predicted octanol–water partition coefficient (Wildman–Crippen LogP) is 7.54. The molecule has 172 valence electrons. The first kappa shape index (κ1) is 22.8. The van der Waals surface area contributed by atoms with Crippen LogP contribution in [0.1, 0.15) is 86.6 Å². The smallest absolute Gasteiger partial charge is 0.343 e. The number of halogens is 1. The Kier molecular flexibility index (Phi) is 7.49. The molecular weight excluding hydrogens is 403 g/mol. The van der Waals surface area contributed by atoms with Crippen LogP contribution in [0.2, 0.25) is 0 Å². The molecule has 0 aromatic heterocycles. The van der Waals surface area contributed by atoms with Gasteiger partial charge < -0.3 is 9.47 Å². The summed E-state index contributed by atoms with van der Waals surface area (Å²) in [4.78, 5) is 12.5. The van der Waals surface area contributed by atoms with Crippen LogP contribution in [0, 0.1) is 23.6 Å². The molecule has 2 aliphatic carbocycles. The number of methoxy groups -OCH3 is 1. The van der Waals surface area contributed by atoms with E-state index in [2.05, 4.69) is 6.92 Å². The van der Waals surface area contributed by atoms with E-state index in [1.54, 1.807) is 43.5 Å². The molecule has 32 heavy (non-hydrogen) atoms. The molecule has 2 saturated carbocycles. The lowest BCUT2D eigenvalue weighted by Gasteiger charge is -2.42. The Hall–Kier alpha value is -2.36. The van der Waals surface area contributed by atoms with Gasteiger partial charge in [-0.3, -0.25) is 0 Å². The lowest BCUT2D eigenvalue weighted by molar-refractivity contribution is 0.0734. The maximum Gasteiger partial charge on any atom is 0.343 e. The van der Waals surface area contributed by atoms with Gasteiger partial charge in [-0.2, -0.15) is 0 Å². The molecule has 4 heteroatoms. The van der Waals surface area contributed by atoms with Crippen molar-refractivity contribution in [3.05, 3.63) is 59.4 Å². The molecule has 1 unspecified atom stereocenters. The van der Waals surface area contributed by atoms with Gasteiger partial charge in [0.1, 0.15) is 17.3 Å². The zero-order valence-electron chi connectivity index (χ0n) is 19.3. The first-order valence-electron chi connectivity index (χ1n) is 12.2. The Bertz CT molecular complexity index is 907. The number of ether oxygens (including phenoxy) is 2. The molecule has 2 aromatic carbocycles. The second kappa shape index (κ2) is 10.5. The van der Waals surface area contributed by atoms with Gasteiger partial charge >= 0.3 is 5.97 Å². The maximum absolute atomic E-state index is 15.0. The van der Waals surface area contributed by atoms with Crippen LogP contribution < -0.4 is 9.47 Å². The molecule has 4 atom stereocenters. The van der Waals surface area contributed by atoms with Gasteiger partial charge in [0.2, 0.25) is 0 Å². The van der Waals surface area contributed by atoms with Crippen molar-refractivity contribution < 1.29 is 18.7 Å². The van der Waals surface area contributed by atoms with Crippen molar-refractivity contribution >= 4 is 5.97 Å². The average Bonchev–Trinajstić information content (AvgIpc) is 2.82. The molecule has 2 fully saturated rings. The first-order valence-corrected chi connectivity index (χ1v) is 12.2. The number of hydrogen-bond donors (Lipinski definition) is 0. The van der Waals surface area contributed by atoms with Crippen LogP contribution in [-0.2, 0) is 0 Å². The van der Waals surface area contributed by atoms with Crippen molar-refractivity contribution in [2.24, 2.45) is 17.8 Å². The van der Waals surface area contributed by atoms with E-state index >= 15 is 4.39 Å². The van der Waals surface area contributed by atoms with Crippen molar-refractivity contribution in [2.45, 2.75) is 70.6 Å². The summed E-state index contributed by atoms with van der Waals surface area (Å²) in [6.07, 6.45) is 11.4. The van der Waals surface area contributed by atoms with Crippen molar-refractivity contribution in [1.82, 2.24) is 0 Å². The molecule has 2 aromatic rings. The minimum atomic E-state index is -0.547. The number of rotatable bonds is 7. The Labute approximate surface area is 191 Å². The summed E-state index contributed by atoms with van der Waals surface area (Å²) < 4.78 is 25.5. The summed E-state index contributed by atoms with van der Waals surface area (Å²) in [5.41, 5.74) is 1.00. The van der Waals surface area contributed by atoms with Crippen LogP contribution in [0.15, 0.2) is 42.5 Å². The first-order chi connectivity index (χ1) is 15.6. The van der Waals surface area contributed by atoms with E-state index < -0.39 is 5.97 Å². The van der Waals surface area contributed by atoms with E-state index in [0.717, 1.165) is 36.2 Å². The van der Waals surface area contributed by atoms with Gasteiger partial charge in [-0.1, -0.05) is 38.7 Å². The SMILES string of the molecule is CCCC[C@H]1CC[C@@H]2CC(c3ccc(C(=O)Oc4ccc(OC)cc4)cc3F)CC[C@H]2C1. The maximum atomic E-state index is 15.0. The summed E-state index contributed by atoms with van der Waals surface area (Å²) >= 11 is 0. The fourth-order valence-corrected chi connectivity index (χ4v) is 5.82. The van der Waals surface area contributed by atoms with Crippen molar-refractivity contribution in [2.75, 3.05) is 7.11 Å². The van der Waals surface area contributed by atoms with Gasteiger partial charge in [0.25, 0.3) is 0 Å². The zero-order valence-corrected chi connectivity index (χ0v) is 19.3. The number of unbranched alkanes of at least 4 members (excludes halogenated alkanes) is 1. The number of fused-ring (bicyclic) bond motifs is 1. The van der Waals surface area contributed by atoms with Crippen LogP contribution in [0.25, 0.3) is 0 Å². The van der Waals surface area contributed by atoms with Gasteiger partial charge in [-0.25, -0.2) is 9.18 Å². The summed E-state index contributed by atoms with van der Waals surface area (Å²) in [6.45, 7) is 2.27. The number of esters is 1. The van der Waals surface area contributed by atoms with Crippen LogP contribution in [0.5, 0.6) is 11.5 Å². The van der Waals surface area contributed by atoms with E-state index in [0.29, 0.717) is 11.5 Å². The summed E-state index contributed by atoms with van der Waals surface area (Å²) in [6, 6.07) is 11.6. The highest BCUT2D eigenvalue weighted by Crippen LogP contribution is 2.48. The minimum absolute atomic E-state index is 0.243. The Morgan fingerprint density at radius 2 is 1.69 bits per heavy atom. The van der Waals surface area contributed by atoms with Gasteiger partial charge in [0.15, 0.2) is 0 Å². The molecule has 0 aliphatic heterocycles. The summed E-state index contributed by atoms with van der Waals surface area (Å²) in [5, 5.41) is 0. The second-order valence-electron chi connectivity index (χ2n) is 9.65. The van der Waals surface area contributed by atoms with Crippen molar-refractivity contribution in [1.29, 1.82) is 0 Å². The molecule has 0 bridgehead atoms. The van der Waals surface area contributed by atoms with Gasteiger partial charge in [0.05, 0.1) is 12.7 Å². The van der Waals surface area contributed by atoms with E-state index in [1.807, 2.05) is 0 Å². The van der Waals surface area contributed by atoms with E-state index in [-0.39, 0.29) is 17.3 Å². The highest BCUT2D eigenvalue weighted by atomic mass is 19.1. The topological polar surface area (TPSA) is 35.5 Å². The molecule has 4 rings (SSSR count). The number of benzene rings is 2. The molecule has 0 amide bonds. The van der Waals surface area contributed by atoms with Crippen LogP contribution >= 0.6 is 0 Å². The molecule has 0 saturated heterocycles. The average molecular weight is 439 g/mol. The highest BCUT2D eigenvalue weighted by Gasteiger charge is 2.36. The van der Waals surface area contributed by atoms with Gasteiger partial charge in [0, 0.05) is 0 Å². The number of carbonyl (C=O) groups is 1. The Balaban J connectivity index is 1.36. The number of hydrogen-bond acceptors (Lipinski definition) is 3. The molecule has 0 radical (unpaired) electrons. The van der Waals surface area contributed by atoms with Crippen molar-refractivity contribution in [3.8, 4) is 11.5 Å². The van der Waals surface area contributed by atoms with E-state index in [1.165, 1.54) is 51.0 Å². The zero-order chi connectivity index (χ0) is 22.5. The quantitative estimate of drug-likeness (QED) is 0.331. The minimum Gasteiger partial charge on any atom is -0.497 e. The fraction of sp³-hybridized carbons (Fsp3) is 0.536. The van der Waals surface area contributed by atoms with Gasteiger partial charge in [-0.15, -0.1) is 0 Å². The largest absolute Gasteiger partial charge is 0.497 e. The lowest BCUT2D eigenvalue weighted by Crippen LogP contribution is -2.30. The highest BCUT2D eigenvalue weighted by molar-refractivity contribution is 5.91. The summed E-state index contributed by atoms with van der Waals surface area (Å²) in [7, 11) is 1.58. The molecule has 0 N–H and O–H groups in total. The Morgan fingerprint density at radius 1 is 0.969 bits per heavy atom. The number of carbonyl (C=O) groups excluding carboxylic acids is 1. The summed E-state index contributed by atoms with van der Waals surface area (Å²) in [5.74, 6) is 2.98. The van der Waals surface area contributed by atoms with Crippen LogP contribution in [0.4, 0.5) is 4.39 Å². The third-order valence-electron chi connectivity index (χ3n) is 7.63. The second-order valence-corrected chi connectivity index (χ2v) is 9.65. The molecular formula is C28H35FO3. The molecule has 3 nitrogen and oxygen atoms in total. The van der Waals surface area contributed by atoms with Crippen LogP contribution in [0.3, 0.4) is 0 Å². The molecule has 0 spiro atoms. The van der Waals surface area contributed by atoms with Crippen molar-refractivity contribution in [3.63, 3.8) is 0 Å². The van der Waals surface area contributed by atoms with Crippen LogP contribution in [-0.4, -0.2) is 13.1 Å². The molecule has 0 heterocycles. The van der Waals surface area contributed by atoms with E-state index in [9.17, 15) is 4.79 Å². The van der Waals surface area contributed by atoms with Gasteiger partial charge in [-0.05, 0) is 97.7 Å². The standard InChI is InChI=1S/C28H35FO3/c1-3-4-5-19-6-7-21-17-22(9-8-20(21)16-19)26-15-10-23(18-27(26)29)28(30)32-25-13-11-24(31-2)12-14-25/h10-15,18-22H,3-9,16-17H2,1-2H3/t19-,20-,21+,22?/m0/s1. The Morgan fingerprint density at radius 3 is 2.41 bits per heavy atom.